The van der Waals surface area contributed by atoms with E-state index in [9.17, 15) is 22.7 Å². The number of unbranched alkanes of at least 4 members (excludes halogenated alkanes) is 4. The molecule has 230 valence electrons. The van der Waals surface area contributed by atoms with Crippen molar-refractivity contribution in [2.24, 2.45) is 0 Å². The molecule has 0 heterocycles. The van der Waals surface area contributed by atoms with Crippen LogP contribution in [-0.4, -0.2) is 22.7 Å². The number of benzene rings is 1. The van der Waals surface area contributed by atoms with E-state index in [0.29, 0.717) is 11.8 Å². The van der Waals surface area contributed by atoms with E-state index < -0.39 is 23.3 Å². The number of halogens is 4. The Morgan fingerprint density at radius 2 is 1.39 bits per heavy atom. The van der Waals surface area contributed by atoms with Gasteiger partial charge in [0.1, 0.15) is 11.6 Å². The van der Waals surface area contributed by atoms with Crippen molar-refractivity contribution in [3.8, 4) is 5.75 Å². The number of alkyl halides is 3. The first-order valence-corrected chi connectivity index (χ1v) is 14.1. The monoisotopic (exact) mass is 579 g/mol. The smallest absolute Gasteiger partial charge is 0.416 e. The third-order valence-electron chi connectivity index (χ3n) is 7.03. The molecule has 1 aliphatic rings. The van der Waals surface area contributed by atoms with Crippen LogP contribution in [0.25, 0.3) is 0 Å². The molecule has 4 nitrogen and oxygen atoms in total. The second kappa shape index (κ2) is 16.9. The third kappa shape index (κ3) is 13.4. The lowest BCUT2D eigenvalue weighted by Crippen LogP contribution is -2.22. The van der Waals surface area contributed by atoms with Crippen LogP contribution in [0.5, 0.6) is 5.75 Å². The lowest BCUT2D eigenvalue weighted by molar-refractivity contribution is -0.0881. The average Bonchev–Trinajstić information content (AvgIpc) is 2.87. The molecule has 0 amide bonds. The molecular weight excluding hydrogens is 530 g/mol. The Bertz CT molecular complexity index is 1110. The maximum Gasteiger partial charge on any atom is 0.416 e. The predicted molar refractivity (Wildman–Crippen MR) is 166 cm³/mol. The fraction of sp³-hybridized carbons (Fsp3) is 0.515. The number of phenols is 1. The zero-order chi connectivity index (χ0) is 32.0. The van der Waals surface area contributed by atoms with Crippen molar-refractivity contribution >= 4 is 17.1 Å². The van der Waals surface area contributed by atoms with Crippen LogP contribution in [0.2, 0.25) is 0 Å². The number of nitrogens with one attached hydrogen (secondary N) is 2. The minimum Gasteiger partial charge on any atom is -0.505 e. The van der Waals surface area contributed by atoms with E-state index >= 15 is 0 Å². The lowest BCUT2D eigenvalue weighted by Gasteiger charge is -2.31. The van der Waals surface area contributed by atoms with E-state index in [1.807, 2.05) is 6.07 Å². The summed E-state index contributed by atoms with van der Waals surface area (Å²) in [5, 5.41) is 24.5. The Kier molecular flexibility index (Phi) is 15.6. The molecule has 5 N–H and O–H groups in total. The second-order valence-electron chi connectivity index (χ2n) is 11.6. The summed E-state index contributed by atoms with van der Waals surface area (Å²) in [5.74, 6) is -0.199. The number of aromatic hydroxyl groups is 1. The van der Waals surface area contributed by atoms with E-state index in [1.165, 1.54) is 44.1 Å². The maximum atomic E-state index is 12.0. The van der Waals surface area contributed by atoms with Crippen molar-refractivity contribution < 1.29 is 22.7 Å². The maximum absolute atomic E-state index is 12.0. The average molecular weight is 580 g/mol. The minimum atomic E-state index is -4.43. The van der Waals surface area contributed by atoms with Crippen LogP contribution < -0.4 is 5.73 Å². The molecule has 0 saturated heterocycles. The molecule has 41 heavy (non-hydrogen) atoms. The van der Waals surface area contributed by atoms with Gasteiger partial charge in [0, 0.05) is 5.56 Å². The molecule has 0 saturated carbocycles. The van der Waals surface area contributed by atoms with Gasteiger partial charge in [-0.25, -0.2) is 4.39 Å². The molecule has 0 radical (unpaired) electrons. The van der Waals surface area contributed by atoms with Crippen LogP contribution in [0.1, 0.15) is 104 Å². The molecule has 0 bridgehead atoms. The van der Waals surface area contributed by atoms with Crippen molar-refractivity contribution in [3.05, 3.63) is 72.1 Å². The van der Waals surface area contributed by atoms with Gasteiger partial charge in [0.25, 0.3) is 0 Å². The molecular formula is C33H49F4N3O. The minimum absolute atomic E-state index is 0.0527. The zero-order valence-corrected chi connectivity index (χ0v) is 25.6. The van der Waals surface area contributed by atoms with Crippen molar-refractivity contribution in [1.82, 2.24) is 0 Å². The number of allylic oxidation sites excluding steroid dienone is 6. The molecule has 2 rings (SSSR count). The second-order valence-corrected chi connectivity index (χ2v) is 11.6. The van der Waals surface area contributed by atoms with Gasteiger partial charge in [-0.15, -0.1) is 0 Å². The molecule has 1 aliphatic carbocycles. The van der Waals surface area contributed by atoms with Crippen LogP contribution in [-0.2, 0) is 10.8 Å². The molecule has 0 aliphatic heterocycles. The highest BCUT2D eigenvalue weighted by Crippen LogP contribution is 2.42. The normalized spacial score (nSPS) is 13.5. The van der Waals surface area contributed by atoms with Gasteiger partial charge in [0.15, 0.2) is 0 Å². The van der Waals surface area contributed by atoms with Gasteiger partial charge in [0.2, 0.25) is 0 Å². The van der Waals surface area contributed by atoms with Crippen LogP contribution in [0, 0.1) is 10.8 Å². The number of hydrogen-bond donors (Lipinski definition) is 4. The third-order valence-corrected chi connectivity index (χ3v) is 7.03. The summed E-state index contributed by atoms with van der Waals surface area (Å²) < 4.78 is 47.0. The Morgan fingerprint density at radius 1 is 0.902 bits per heavy atom. The van der Waals surface area contributed by atoms with Crippen LogP contribution in [0.4, 0.5) is 23.2 Å². The summed E-state index contributed by atoms with van der Waals surface area (Å²) in [4.78, 5) is 0. The number of anilines is 1. The van der Waals surface area contributed by atoms with Crippen molar-refractivity contribution in [3.63, 3.8) is 0 Å². The van der Waals surface area contributed by atoms with Crippen molar-refractivity contribution in [2.75, 3.05) is 5.73 Å². The SMILES string of the molecule is C=CC(=C)F.CCCCCC(C)(C)c1cc(N)c(O)c(C(C)(C)CCCCC)c1.N=C1C=CC(C(F)(F)F)=CC1=N. The summed E-state index contributed by atoms with van der Waals surface area (Å²) in [7, 11) is 0. The standard InChI is InChI=1S/C22H39NO.C7H5F3N2.C4H5F/c1-7-9-11-13-21(3,4)17-15-18(20(24)19(23)16-17)22(5,6)14-12-10-8-2;8-7(9,10)4-1-2-5(11)6(12)3-4;1-3-4(2)5/h15-16,24H,7-14,23H2,1-6H3;1-3,11-12H;3H,1-2H2. The summed E-state index contributed by atoms with van der Waals surface area (Å²) in [6, 6.07) is 4.19. The predicted octanol–water partition coefficient (Wildman–Crippen LogP) is 10.4. The van der Waals surface area contributed by atoms with Crippen molar-refractivity contribution in [1.29, 1.82) is 10.8 Å². The van der Waals surface area contributed by atoms with Gasteiger partial charge in [-0.1, -0.05) is 99.3 Å². The Hall–Kier alpha value is -3.16. The summed E-state index contributed by atoms with van der Waals surface area (Å²) in [5.41, 5.74) is 7.50. The quantitative estimate of drug-likeness (QED) is 0.0524. The van der Waals surface area contributed by atoms with Gasteiger partial charge in [-0.05, 0) is 59.6 Å². The molecule has 0 atom stereocenters. The number of phenolic OH excluding ortho intramolecular Hbond substituents is 1. The van der Waals surface area contributed by atoms with E-state index in [2.05, 4.69) is 60.8 Å². The fourth-order valence-corrected chi connectivity index (χ4v) is 4.20. The Balaban J connectivity index is 0.000000775. The molecule has 0 spiro atoms. The Labute approximate surface area is 244 Å². The summed E-state index contributed by atoms with van der Waals surface area (Å²) in [6.07, 6.45) is 8.64. The largest absolute Gasteiger partial charge is 0.505 e. The fourth-order valence-electron chi connectivity index (χ4n) is 4.20. The molecule has 0 unspecified atom stereocenters. The zero-order valence-electron chi connectivity index (χ0n) is 25.6. The van der Waals surface area contributed by atoms with Crippen molar-refractivity contribution in [2.45, 2.75) is 110 Å². The topological polar surface area (TPSA) is 93.9 Å². The number of nitrogens with two attached hydrogens (primary N) is 1. The van der Waals surface area contributed by atoms with Gasteiger partial charge in [0.05, 0.1) is 22.7 Å². The van der Waals surface area contributed by atoms with Crippen LogP contribution in [0.15, 0.2) is 61.0 Å². The highest BCUT2D eigenvalue weighted by atomic mass is 19.4. The molecule has 1 aromatic carbocycles. The highest BCUT2D eigenvalue weighted by molar-refractivity contribution is 6.49. The van der Waals surface area contributed by atoms with E-state index in [4.69, 9.17) is 16.6 Å². The van der Waals surface area contributed by atoms with Gasteiger partial charge in [-0.3, -0.25) is 10.8 Å². The van der Waals surface area contributed by atoms with Gasteiger partial charge in [-0.2, -0.15) is 13.2 Å². The number of nitrogen functional groups attached to an aromatic ring is 1. The first-order chi connectivity index (χ1) is 18.8. The first kappa shape index (κ1) is 37.8. The molecule has 0 aromatic heterocycles. The number of hydrogen-bond acceptors (Lipinski definition) is 4. The summed E-state index contributed by atoms with van der Waals surface area (Å²) in [6.45, 7) is 19.5. The van der Waals surface area contributed by atoms with Crippen LogP contribution in [0.3, 0.4) is 0 Å². The van der Waals surface area contributed by atoms with E-state index in [1.54, 1.807) is 0 Å². The first-order valence-electron chi connectivity index (χ1n) is 14.1. The molecule has 8 heteroatoms. The molecule has 1 aromatic rings. The Morgan fingerprint density at radius 3 is 1.80 bits per heavy atom. The van der Waals surface area contributed by atoms with E-state index in [-0.39, 0.29) is 22.3 Å². The van der Waals surface area contributed by atoms with Crippen LogP contribution >= 0.6 is 0 Å². The number of rotatable bonds is 11. The lowest BCUT2D eigenvalue weighted by atomic mass is 9.74. The van der Waals surface area contributed by atoms with Gasteiger partial charge < -0.3 is 10.8 Å². The van der Waals surface area contributed by atoms with Gasteiger partial charge >= 0.3 is 6.18 Å². The summed E-state index contributed by atoms with van der Waals surface area (Å²) >= 11 is 0. The molecule has 0 fully saturated rings. The van der Waals surface area contributed by atoms with E-state index in [0.717, 1.165) is 36.6 Å². The highest BCUT2D eigenvalue weighted by Gasteiger charge is 2.33.